The molecule has 16 heavy (non-hydrogen) atoms. The average molecular weight is 259 g/mol. The first-order chi connectivity index (χ1) is 7.49. The zero-order valence-electron chi connectivity index (χ0n) is 9.98. The minimum absolute atomic E-state index is 0.0616. The molecule has 1 aromatic heterocycles. The van der Waals surface area contributed by atoms with Crippen molar-refractivity contribution in [2.45, 2.75) is 37.3 Å². The third-order valence-corrected chi connectivity index (χ3v) is 3.86. The van der Waals surface area contributed by atoms with Crippen LogP contribution in [0.15, 0.2) is 4.34 Å². The van der Waals surface area contributed by atoms with Crippen molar-refractivity contribution in [2.24, 2.45) is 5.92 Å². The van der Waals surface area contributed by atoms with Gasteiger partial charge in [0.25, 0.3) is 0 Å². The van der Waals surface area contributed by atoms with Gasteiger partial charge < -0.3 is 5.32 Å². The number of hydrogen-bond acceptors (Lipinski definition) is 5. The molecule has 6 heteroatoms. The number of nitrogens with one attached hydrogen (secondary N) is 1. The average Bonchev–Trinajstić information content (AvgIpc) is 2.60. The first-order valence-electron chi connectivity index (χ1n) is 5.23. The molecule has 90 valence electrons. The fourth-order valence-corrected chi connectivity index (χ4v) is 2.96. The van der Waals surface area contributed by atoms with E-state index in [1.54, 1.807) is 0 Å². The summed E-state index contributed by atoms with van der Waals surface area (Å²) < 4.78 is 0.852. The molecule has 0 fully saturated rings. The molecule has 0 radical (unpaired) electrons. The quantitative estimate of drug-likeness (QED) is 0.823. The van der Waals surface area contributed by atoms with Crippen LogP contribution in [0.3, 0.4) is 0 Å². The molecule has 0 aromatic carbocycles. The molecule has 0 aliphatic rings. The summed E-state index contributed by atoms with van der Waals surface area (Å²) in [6, 6.07) is 0. The number of nitrogens with zero attached hydrogens (tertiary/aromatic N) is 2. The van der Waals surface area contributed by atoms with Gasteiger partial charge in [-0.05, 0) is 19.8 Å². The van der Waals surface area contributed by atoms with Gasteiger partial charge >= 0.3 is 0 Å². The molecule has 0 saturated heterocycles. The molecule has 0 bridgehead atoms. The standard InChI is InChI=1S/C10H17N3OS2/c1-6(2)5-11-9(14)7(3)15-10-13-12-8(4)16-10/h6-7H,5H2,1-4H3,(H,11,14). The second kappa shape index (κ2) is 6.20. The van der Waals surface area contributed by atoms with E-state index in [1.165, 1.54) is 23.1 Å². The second-order valence-corrected chi connectivity index (χ2v) is 6.76. The maximum absolute atomic E-state index is 11.7. The summed E-state index contributed by atoms with van der Waals surface area (Å²) in [5.74, 6) is 0.538. The van der Waals surface area contributed by atoms with Crippen LogP contribution in [-0.2, 0) is 4.79 Å². The highest BCUT2D eigenvalue weighted by Crippen LogP contribution is 2.26. The number of thioether (sulfide) groups is 1. The van der Waals surface area contributed by atoms with E-state index in [4.69, 9.17) is 0 Å². The van der Waals surface area contributed by atoms with Gasteiger partial charge in [-0.3, -0.25) is 4.79 Å². The smallest absolute Gasteiger partial charge is 0.233 e. The van der Waals surface area contributed by atoms with Gasteiger partial charge in [-0.2, -0.15) is 0 Å². The highest BCUT2D eigenvalue weighted by atomic mass is 32.2. The molecule has 1 unspecified atom stereocenters. The van der Waals surface area contributed by atoms with Crippen molar-refractivity contribution in [3.8, 4) is 0 Å². The van der Waals surface area contributed by atoms with Crippen LogP contribution in [0.5, 0.6) is 0 Å². The van der Waals surface area contributed by atoms with Crippen molar-refractivity contribution in [3.05, 3.63) is 5.01 Å². The topological polar surface area (TPSA) is 54.9 Å². The van der Waals surface area contributed by atoms with Gasteiger partial charge in [-0.25, -0.2) is 0 Å². The number of aryl methyl sites for hydroxylation is 1. The molecular formula is C10H17N3OS2. The first kappa shape index (κ1) is 13.4. The van der Waals surface area contributed by atoms with Gasteiger partial charge in [0.2, 0.25) is 5.91 Å². The maximum Gasteiger partial charge on any atom is 0.233 e. The molecule has 1 amide bonds. The maximum atomic E-state index is 11.7. The lowest BCUT2D eigenvalue weighted by Crippen LogP contribution is -2.33. The molecule has 1 atom stereocenters. The number of rotatable bonds is 5. The third kappa shape index (κ3) is 4.49. The fourth-order valence-electron chi connectivity index (χ4n) is 0.979. The minimum Gasteiger partial charge on any atom is -0.355 e. The summed E-state index contributed by atoms with van der Waals surface area (Å²) in [6.45, 7) is 8.67. The van der Waals surface area contributed by atoms with Crippen LogP contribution in [0, 0.1) is 12.8 Å². The summed E-state index contributed by atoms with van der Waals surface area (Å²) in [4.78, 5) is 11.7. The highest BCUT2D eigenvalue weighted by molar-refractivity contribution is 8.02. The zero-order valence-corrected chi connectivity index (χ0v) is 11.6. The number of carbonyl (C=O) groups excluding carboxylic acids is 1. The summed E-state index contributed by atoms with van der Waals surface area (Å²) >= 11 is 2.98. The van der Waals surface area contributed by atoms with Crippen LogP contribution in [0.2, 0.25) is 0 Å². The highest BCUT2D eigenvalue weighted by Gasteiger charge is 2.16. The van der Waals surface area contributed by atoms with Gasteiger partial charge in [0.15, 0.2) is 4.34 Å². The van der Waals surface area contributed by atoms with E-state index in [9.17, 15) is 4.79 Å². The van der Waals surface area contributed by atoms with Gasteiger partial charge in [0.1, 0.15) is 5.01 Å². The van der Waals surface area contributed by atoms with E-state index >= 15 is 0 Å². The van der Waals surface area contributed by atoms with Crippen LogP contribution in [-0.4, -0.2) is 27.9 Å². The van der Waals surface area contributed by atoms with Crippen molar-refractivity contribution >= 4 is 29.0 Å². The van der Waals surface area contributed by atoms with Crippen LogP contribution in [0.4, 0.5) is 0 Å². The van der Waals surface area contributed by atoms with E-state index in [1.807, 2.05) is 13.8 Å². The molecule has 4 nitrogen and oxygen atoms in total. The third-order valence-electron chi connectivity index (χ3n) is 1.84. The zero-order chi connectivity index (χ0) is 12.1. The van der Waals surface area contributed by atoms with Crippen LogP contribution in [0.1, 0.15) is 25.8 Å². The Kier molecular flexibility index (Phi) is 5.21. The summed E-state index contributed by atoms with van der Waals surface area (Å²) in [5, 5.41) is 11.6. The van der Waals surface area contributed by atoms with Crippen molar-refractivity contribution in [1.29, 1.82) is 0 Å². The Hall–Kier alpha value is -0.620. The normalized spacial score (nSPS) is 12.8. The van der Waals surface area contributed by atoms with Crippen LogP contribution < -0.4 is 5.32 Å². The monoisotopic (exact) mass is 259 g/mol. The Bertz CT molecular complexity index is 352. The molecule has 0 saturated carbocycles. The summed E-state index contributed by atoms with van der Waals surface area (Å²) in [6.07, 6.45) is 0. The SMILES string of the molecule is Cc1nnc(SC(C)C(=O)NCC(C)C)s1. The predicted molar refractivity (Wildman–Crippen MR) is 67.8 cm³/mol. The largest absolute Gasteiger partial charge is 0.355 e. The van der Waals surface area contributed by atoms with E-state index in [0.29, 0.717) is 5.92 Å². The Morgan fingerprint density at radius 3 is 2.62 bits per heavy atom. The van der Waals surface area contributed by atoms with Gasteiger partial charge in [0, 0.05) is 6.54 Å². The number of carbonyl (C=O) groups is 1. The lowest BCUT2D eigenvalue weighted by molar-refractivity contribution is -0.120. The van der Waals surface area contributed by atoms with E-state index in [2.05, 4.69) is 29.4 Å². The van der Waals surface area contributed by atoms with Gasteiger partial charge in [0.05, 0.1) is 5.25 Å². The van der Waals surface area contributed by atoms with Crippen molar-refractivity contribution in [2.75, 3.05) is 6.54 Å². The predicted octanol–water partition coefficient (Wildman–Crippen LogP) is 2.10. The van der Waals surface area contributed by atoms with Crippen molar-refractivity contribution < 1.29 is 4.79 Å². The summed E-state index contributed by atoms with van der Waals surface area (Å²) in [7, 11) is 0. The lowest BCUT2D eigenvalue weighted by atomic mass is 10.2. The molecular weight excluding hydrogens is 242 g/mol. The Balaban J connectivity index is 2.39. The minimum atomic E-state index is -0.119. The second-order valence-electron chi connectivity index (χ2n) is 3.99. The molecule has 1 rings (SSSR count). The Labute approximate surface area is 104 Å². The van der Waals surface area contributed by atoms with Crippen LogP contribution >= 0.6 is 23.1 Å². The Morgan fingerprint density at radius 1 is 1.44 bits per heavy atom. The summed E-state index contributed by atoms with van der Waals surface area (Å²) in [5.41, 5.74) is 0. The molecule has 0 aliphatic heterocycles. The number of aromatic nitrogens is 2. The van der Waals surface area contributed by atoms with E-state index in [-0.39, 0.29) is 11.2 Å². The van der Waals surface area contributed by atoms with E-state index in [0.717, 1.165) is 15.9 Å². The van der Waals surface area contributed by atoms with Crippen LogP contribution in [0.25, 0.3) is 0 Å². The molecule has 0 spiro atoms. The first-order valence-corrected chi connectivity index (χ1v) is 6.93. The van der Waals surface area contributed by atoms with Crippen molar-refractivity contribution in [3.63, 3.8) is 0 Å². The fraction of sp³-hybridized carbons (Fsp3) is 0.700. The lowest BCUT2D eigenvalue weighted by Gasteiger charge is -2.11. The number of hydrogen-bond donors (Lipinski definition) is 1. The molecule has 1 N–H and O–H groups in total. The molecule has 1 aromatic rings. The Morgan fingerprint density at radius 2 is 2.12 bits per heavy atom. The van der Waals surface area contributed by atoms with Gasteiger partial charge in [-0.1, -0.05) is 36.9 Å². The van der Waals surface area contributed by atoms with Crippen molar-refractivity contribution in [1.82, 2.24) is 15.5 Å². The molecule has 1 heterocycles. The molecule has 0 aliphatic carbocycles. The number of amides is 1. The van der Waals surface area contributed by atoms with Gasteiger partial charge in [-0.15, -0.1) is 10.2 Å². The van der Waals surface area contributed by atoms with E-state index < -0.39 is 0 Å².